The standard InChI is InChI=1S/C13H23NO2/c1-9-5-6-10(2)13(7-9,8-14)16-12(4)11(3)15/h9-12,15H,5-7H2,1-4H3. The van der Waals surface area contributed by atoms with Crippen LogP contribution in [0.5, 0.6) is 0 Å². The first-order valence-corrected chi connectivity index (χ1v) is 6.18. The van der Waals surface area contributed by atoms with Crippen molar-refractivity contribution in [1.82, 2.24) is 0 Å². The van der Waals surface area contributed by atoms with Crippen LogP contribution in [0.3, 0.4) is 0 Å². The van der Waals surface area contributed by atoms with Gasteiger partial charge in [0.1, 0.15) is 0 Å². The molecule has 1 N–H and O–H groups in total. The molecule has 92 valence electrons. The van der Waals surface area contributed by atoms with E-state index in [1.807, 2.05) is 6.92 Å². The molecule has 0 bridgehead atoms. The van der Waals surface area contributed by atoms with E-state index in [1.54, 1.807) is 6.92 Å². The molecule has 3 heteroatoms. The predicted octanol–water partition coefficient (Wildman–Crippen LogP) is 2.49. The van der Waals surface area contributed by atoms with Gasteiger partial charge in [0, 0.05) is 0 Å². The third-order valence-electron chi connectivity index (χ3n) is 3.81. The van der Waals surface area contributed by atoms with Gasteiger partial charge in [0.15, 0.2) is 5.60 Å². The van der Waals surface area contributed by atoms with Crippen molar-refractivity contribution >= 4 is 0 Å². The van der Waals surface area contributed by atoms with E-state index in [2.05, 4.69) is 19.9 Å². The second kappa shape index (κ2) is 5.16. The summed E-state index contributed by atoms with van der Waals surface area (Å²) in [5.41, 5.74) is -0.700. The highest BCUT2D eigenvalue weighted by atomic mass is 16.5. The van der Waals surface area contributed by atoms with Crippen molar-refractivity contribution in [2.45, 2.75) is 64.8 Å². The normalized spacial score (nSPS) is 38.8. The van der Waals surface area contributed by atoms with Crippen molar-refractivity contribution in [1.29, 1.82) is 5.26 Å². The summed E-state index contributed by atoms with van der Waals surface area (Å²) in [7, 11) is 0. The fourth-order valence-electron chi connectivity index (χ4n) is 2.37. The molecule has 0 aromatic carbocycles. The molecule has 5 unspecified atom stereocenters. The Morgan fingerprint density at radius 1 is 1.38 bits per heavy atom. The summed E-state index contributed by atoms with van der Waals surface area (Å²) in [5, 5.41) is 18.9. The second-order valence-electron chi connectivity index (χ2n) is 5.35. The largest absolute Gasteiger partial charge is 0.391 e. The molecule has 0 spiro atoms. The number of aliphatic hydroxyl groups excluding tert-OH is 1. The van der Waals surface area contributed by atoms with Gasteiger partial charge in [-0.25, -0.2) is 0 Å². The Morgan fingerprint density at radius 3 is 2.50 bits per heavy atom. The van der Waals surface area contributed by atoms with Gasteiger partial charge in [-0.15, -0.1) is 0 Å². The highest BCUT2D eigenvalue weighted by Crippen LogP contribution is 2.40. The van der Waals surface area contributed by atoms with E-state index in [1.165, 1.54) is 0 Å². The number of rotatable bonds is 3. The van der Waals surface area contributed by atoms with Gasteiger partial charge in [-0.1, -0.05) is 20.3 Å². The quantitative estimate of drug-likeness (QED) is 0.803. The summed E-state index contributed by atoms with van der Waals surface area (Å²) < 4.78 is 5.86. The lowest BCUT2D eigenvalue weighted by Crippen LogP contribution is -2.47. The number of nitrogens with zero attached hydrogens (tertiary/aromatic N) is 1. The van der Waals surface area contributed by atoms with E-state index >= 15 is 0 Å². The van der Waals surface area contributed by atoms with Crippen molar-refractivity contribution < 1.29 is 9.84 Å². The fourth-order valence-corrected chi connectivity index (χ4v) is 2.37. The van der Waals surface area contributed by atoms with E-state index < -0.39 is 11.7 Å². The Hall–Kier alpha value is -0.590. The first-order chi connectivity index (χ1) is 7.41. The molecule has 0 radical (unpaired) electrons. The zero-order chi connectivity index (χ0) is 12.3. The van der Waals surface area contributed by atoms with E-state index in [9.17, 15) is 10.4 Å². The third-order valence-corrected chi connectivity index (χ3v) is 3.81. The molecule has 0 saturated heterocycles. The fraction of sp³-hybridized carbons (Fsp3) is 0.923. The molecule has 0 heterocycles. The minimum Gasteiger partial charge on any atom is -0.391 e. The molecule has 0 aliphatic heterocycles. The molecule has 0 amide bonds. The van der Waals surface area contributed by atoms with Gasteiger partial charge >= 0.3 is 0 Å². The van der Waals surface area contributed by atoms with Gasteiger partial charge in [-0.05, 0) is 38.5 Å². The van der Waals surface area contributed by atoms with E-state index in [0.29, 0.717) is 5.92 Å². The number of ether oxygens (including phenoxy) is 1. The zero-order valence-corrected chi connectivity index (χ0v) is 10.7. The van der Waals surface area contributed by atoms with Gasteiger partial charge in [0.05, 0.1) is 18.3 Å². The lowest BCUT2D eigenvalue weighted by molar-refractivity contribution is -0.138. The molecule has 1 saturated carbocycles. The highest BCUT2D eigenvalue weighted by molar-refractivity contribution is 5.08. The van der Waals surface area contributed by atoms with E-state index in [0.717, 1.165) is 19.3 Å². The Morgan fingerprint density at radius 2 is 2.00 bits per heavy atom. The van der Waals surface area contributed by atoms with Crippen LogP contribution in [0.1, 0.15) is 47.0 Å². The van der Waals surface area contributed by atoms with Crippen molar-refractivity contribution in [2.24, 2.45) is 11.8 Å². The minimum atomic E-state index is -0.700. The summed E-state index contributed by atoms with van der Waals surface area (Å²) in [6.07, 6.45) is 2.15. The number of nitriles is 1. The van der Waals surface area contributed by atoms with Crippen molar-refractivity contribution in [3.8, 4) is 6.07 Å². The Labute approximate surface area is 98.4 Å². The molecule has 16 heavy (non-hydrogen) atoms. The average molecular weight is 225 g/mol. The summed E-state index contributed by atoms with van der Waals surface area (Å²) in [6, 6.07) is 2.35. The highest BCUT2D eigenvalue weighted by Gasteiger charge is 2.43. The average Bonchev–Trinajstić information content (AvgIpc) is 2.23. The lowest BCUT2D eigenvalue weighted by Gasteiger charge is -2.41. The summed E-state index contributed by atoms with van der Waals surface area (Å²) in [4.78, 5) is 0. The summed E-state index contributed by atoms with van der Waals surface area (Å²) in [5.74, 6) is 0.770. The Bertz CT molecular complexity index is 272. The summed E-state index contributed by atoms with van der Waals surface area (Å²) in [6.45, 7) is 7.76. The van der Waals surface area contributed by atoms with Crippen LogP contribution in [0.25, 0.3) is 0 Å². The molecular formula is C13H23NO2. The van der Waals surface area contributed by atoms with Crippen LogP contribution in [-0.2, 0) is 4.74 Å². The van der Waals surface area contributed by atoms with Crippen molar-refractivity contribution in [3.05, 3.63) is 0 Å². The molecule has 5 atom stereocenters. The van der Waals surface area contributed by atoms with Crippen LogP contribution in [0.2, 0.25) is 0 Å². The Balaban J connectivity index is 2.79. The van der Waals surface area contributed by atoms with Gasteiger partial charge < -0.3 is 9.84 Å². The van der Waals surface area contributed by atoms with E-state index in [4.69, 9.17) is 4.74 Å². The lowest BCUT2D eigenvalue weighted by atomic mass is 9.72. The zero-order valence-electron chi connectivity index (χ0n) is 10.7. The number of aliphatic hydroxyl groups is 1. The maximum atomic E-state index is 9.48. The SMILES string of the molecule is CC1CCC(C)C(C#N)(OC(C)C(C)O)C1. The first kappa shape index (κ1) is 13.5. The molecule has 1 rings (SSSR count). The topological polar surface area (TPSA) is 53.2 Å². The van der Waals surface area contributed by atoms with Gasteiger partial charge in [0.2, 0.25) is 0 Å². The van der Waals surface area contributed by atoms with Crippen LogP contribution in [0.4, 0.5) is 0 Å². The molecule has 1 aliphatic rings. The van der Waals surface area contributed by atoms with Crippen LogP contribution >= 0.6 is 0 Å². The van der Waals surface area contributed by atoms with Crippen molar-refractivity contribution in [2.75, 3.05) is 0 Å². The number of hydrogen-bond acceptors (Lipinski definition) is 3. The second-order valence-corrected chi connectivity index (χ2v) is 5.35. The Kier molecular flexibility index (Phi) is 4.35. The monoisotopic (exact) mass is 225 g/mol. The van der Waals surface area contributed by atoms with Crippen LogP contribution in [-0.4, -0.2) is 22.9 Å². The van der Waals surface area contributed by atoms with Crippen molar-refractivity contribution in [3.63, 3.8) is 0 Å². The maximum Gasteiger partial charge on any atom is 0.157 e. The van der Waals surface area contributed by atoms with Crippen LogP contribution in [0, 0.1) is 23.2 Å². The van der Waals surface area contributed by atoms with E-state index in [-0.39, 0.29) is 12.0 Å². The molecule has 3 nitrogen and oxygen atoms in total. The summed E-state index contributed by atoms with van der Waals surface area (Å²) >= 11 is 0. The number of hydrogen-bond donors (Lipinski definition) is 1. The smallest absolute Gasteiger partial charge is 0.157 e. The third kappa shape index (κ3) is 2.75. The molecule has 0 aromatic rings. The van der Waals surface area contributed by atoms with Gasteiger partial charge in [-0.3, -0.25) is 0 Å². The molecular weight excluding hydrogens is 202 g/mol. The predicted molar refractivity (Wildman–Crippen MR) is 62.8 cm³/mol. The van der Waals surface area contributed by atoms with Gasteiger partial charge in [-0.2, -0.15) is 5.26 Å². The minimum absolute atomic E-state index is 0.245. The molecule has 0 aromatic heterocycles. The van der Waals surface area contributed by atoms with Crippen LogP contribution in [0.15, 0.2) is 0 Å². The first-order valence-electron chi connectivity index (χ1n) is 6.18. The van der Waals surface area contributed by atoms with Gasteiger partial charge in [0.25, 0.3) is 0 Å². The van der Waals surface area contributed by atoms with Crippen LogP contribution < -0.4 is 0 Å². The maximum absolute atomic E-state index is 9.48. The molecule has 1 fully saturated rings. The molecule has 1 aliphatic carbocycles.